The van der Waals surface area contributed by atoms with Crippen LogP contribution in [-0.4, -0.2) is 41.9 Å². The van der Waals surface area contributed by atoms with Crippen LogP contribution in [0.25, 0.3) is 0 Å². The minimum Gasteiger partial charge on any atom is -0.380 e. The standard InChI is InChI=1S/C7H12F3NO.C2H6/c1-11-4-2-6(12,3-5-11)7(8,9)10;1-2/h12H,2-5H2,1H3;1-2H3. The molecule has 14 heavy (non-hydrogen) atoms. The zero-order valence-corrected chi connectivity index (χ0v) is 8.86. The third kappa shape index (κ3) is 3.13. The summed E-state index contributed by atoms with van der Waals surface area (Å²) in [6, 6.07) is 0. The van der Waals surface area contributed by atoms with E-state index in [4.69, 9.17) is 0 Å². The van der Waals surface area contributed by atoms with E-state index in [1.54, 1.807) is 11.9 Å². The Morgan fingerprint density at radius 1 is 1.14 bits per heavy atom. The van der Waals surface area contributed by atoms with Crippen molar-refractivity contribution >= 4 is 0 Å². The van der Waals surface area contributed by atoms with Crippen molar-refractivity contribution in [2.75, 3.05) is 20.1 Å². The van der Waals surface area contributed by atoms with Gasteiger partial charge in [-0.2, -0.15) is 13.2 Å². The number of aliphatic hydroxyl groups is 1. The van der Waals surface area contributed by atoms with Gasteiger partial charge in [-0.15, -0.1) is 0 Å². The van der Waals surface area contributed by atoms with Crippen LogP contribution in [-0.2, 0) is 0 Å². The van der Waals surface area contributed by atoms with Gasteiger partial charge in [0.2, 0.25) is 0 Å². The van der Waals surface area contributed by atoms with Crippen LogP contribution >= 0.6 is 0 Å². The van der Waals surface area contributed by atoms with E-state index < -0.39 is 11.8 Å². The molecule has 0 spiro atoms. The molecule has 1 N–H and O–H groups in total. The summed E-state index contributed by atoms with van der Waals surface area (Å²) in [6.45, 7) is 4.60. The van der Waals surface area contributed by atoms with Gasteiger partial charge in [-0.1, -0.05) is 13.8 Å². The van der Waals surface area contributed by atoms with E-state index in [1.165, 1.54) is 0 Å². The first kappa shape index (κ1) is 13.7. The average Bonchev–Trinajstić information content (AvgIpc) is 2.12. The molecule has 0 aromatic heterocycles. The van der Waals surface area contributed by atoms with Gasteiger partial charge in [-0.3, -0.25) is 0 Å². The molecule has 0 aliphatic carbocycles. The van der Waals surface area contributed by atoms with Gasteiger partial charge in [0.05, 0.1) is 0 Å². The second-order valence-electron chi connectivity index (χ2n) is 3.33. The molecule has 0 aromatic rings. The molecule has 2 nitrogen and oxygen atoms in total. The first-order chi connectivity index (χ1) is 6.35. The van der Waals surface area contributed by atoms with Crippen LogP contribution < -0.4 is 0 Å². The fourth-order valence-electron chi connectivity index (χ4n) is 1.27. The predicted octanol–water partition coefficient (Wildman–Crippen LogP) is 2.03. The Balaban J connectivity index is 0.000000791. The molecule has 1 aliphatic heterocycles. The second kappa shape index (κ2) is 4.98. The highest BCUT2D eigenvalue weighted by molar-refractivity contribution is 4.91. The van der Waals surface area contributed by atoms with Crippen molar-refractivity contribution in [1.29, 1.82) is 0 Å². The van der Waals surface area contributed by atoms with Crippen LogP contribution in [0.3, 0.4) is 0 Å². The summed E-state index contributed by atoms with van der Waals surface area (Å²) < 4.78 is 36.6. The van der Waals surface area contributed by atoms with Crippen LogP contribution in [0.1, 0.15) is 26.7 Å². The SMILES string of the molecule is CC.CN1CCC(O)(C(F)(F)F)CC1. The van der Waals surface area contributed by atoms with Crippen LogP contribution in [0, 0.1) is 0 Å². The molecule has 1 heterocycles. The number of alkyl halides is 3. The summed E-state index contributed by atoms with van der Waals surface area (Å²) in [5.41, 5.74) is -2.44. The number of piperidine rings is 1. The van der Waals surface area contributed by atoms with E-state index in [0.29, 0.717) is 13.1 Å². The Bertz CT molecular complexity index is 162. The van der Waals surface area contributed by atoms with Crippen molar-refractivity contribution in [2.45, 2.75) is 38.5 Å². The third-order valence-electron chi connectivity index (χ3n) is 2.34. The molecule has 5 heteroatoms. The topological polar surface area (TPSA) is 23.5 Å². The van der Waals surface area contributed by atoms with Gasteiger partial charge < -0.3 is 10.0 Å². The van der Waals surface area contributed by atoms with Crippen LogP contribution in [0.15, 0.2) is 0 Å². The fraction of sp³-hybridized carbons (Fsp3) is 1.00. The van der Waals surface area contributed by atoms with Gasteiger partial charge in [0.15, 0.2) is 5.60 Å². The average molecular weight is 213 g/mol. The summed E-state index contributed by atoms with van der Waals surface area (Å²) >= 11 is 0. The molecule has 0 atom stereocenters. The van der Waals surface area contributed by atoms with Crippen molar-refractivity contribution < 1.29 is 18.3 Å². The van der Waals surface area contributed by atoms with Crippen LogP contribution in [0.5, 0.6) is 0 Å². The number of rotatable bonds is 0. The van der Waals surface area contributed by atoms with Crippen molar-refractivity contribution in [2.24, 2.45) is 0 Å². The van der Waals surface area contributed by atoms with Gasteiger partial charge in [0.1, 0.15) is 0 Å². The smallest absolute Gasteiger partial charge is 0.380 e. The molecule has 0 unspecified atom stereocenters. The van der Waals surface area contributed by atoms with Crippen molar-refractivity contribution in [1.82, 2.24) is 4.90 Å². The van der Waals surface area contributed by atoms with Gasteiger partial charge in [-0.05, 0) is 19.9 Å². The zero-order chi connectivity index (χ0) is 11.4. The lowest BCUT2D eigenvalue weighted by Gasteiger charge is -2.37. The Morgan fingerprint density at radius 2 is 1.50 bits per heavy atom. The minimum absolute atomic E-state index is 0.215. The van der Waals surface area contributed by atoms with Gasteiger partial charge in [-0.25, -0.2) is 0 Å². The molecule has 0 bridgehead atoms. The van der Waals surface area contributed by atoms with Gasteiger partial charge >= 0.3 is 6.18 Å². The number of hydrogen-bond donors (Lipinski definition) is 1. The lowest BCUT2D eigenvalue weighted by atomic mass is 9.91. The summed E-state index contributed by atoms with van der Waals surface area (Å²) in [5, 5.41) is 9.17. The van der Waals surface area contributed by atoms with Crippen molar-refractivity contribution in [3.05, 3.63) is 0 Å². The van der Waals surface area contributed by atoms with E-state index in [1.807, 2.05) is 13.8 Å². The third-order valence-corrected chi connectivity index (χ3v) is 2.34. The summed E-state index contributed by atoms with van der Waals surface area (Å²) in [7, 11) is 1.75. The first-order valence-corrected chi connectivity index (χ1v) is 4.83. The molecule has 0 radical (unpaired) electrons. The zero-order valence-electron chi connectivity index (χ0n) is 8.86. The van der Waals surface area contributed by atoms with Gasteiger partial charge in [0.25, 0.3) is 0 Å². The molecular weight excluding hydrogens is 195 g/mol. The summed E-state index contributed by atoms with van der Waals surface area (Å²) in [5.74, 6) is 0. The second-order valence-corrected chi connectivity index (χ2v) is 3.33. The normalized spacial score (nSPS) is 22.5. The lowest BCUT2D eigenvalue weighted by Crippen LogP contribution is -2.52. The predicted molar refractivity (Wildman–Crippen MR) is 49.1 cm³/mol. The van der Waals surface area contributed by atoms with E-state index in [0.717, 1.165) is 0 Å². The Kier molecular flexibility index (Phi) is 4.88. The maximum Gasteiger partial charge on any atom is 0.417 e. The molecule has 86 valence electrons. The number of halogens is 3. The maximum absolute atomic E-state index is 12.2. The molecule has 1 aliphatic rings. The van der Waals surface area contributed by atoms with E-state index >= 15 is 0 Å². The first-order valence-electron chi connectivity index (χ1n) is 4.83. The number of hydrogen-bond acceptors (Lipinski definition) is 2. The lowest BCUT2D eigenvalue weighted by molar-refractivity contribution is -0.272. The quantitative estimate of drug-likeness (QED) is 0.665. The van der Waals surface area contributed by atoms with Crippen LogP contribution in [0.2, 0.25) is 0 Å². The maximum atomic E-state index is 12.2. The van der Waals surface area contributed by atoms with E-state index in [-0.39, 0.29) is 12.8 Å². The summed E-state index contributed by atoms with van der Waals surface area (Å²) in [4.78, 5) is 1.78. The molecule has 1 fully saturated rings. The molecule has 0 amide bonds. The Morgan fingerprint density at radius 3 is 1.79 bits per heavy atom. The van der Waals surface area contributed by atoms with E-state index in [2.05, 4.69) is 0 Å². The fourth-order valence-corrected chi connectivity index (χ4v) is 1.27. The van der Waals surface area contributed by atoms with Crippen LogP contribution in [0.4, 0.5) is 13.2 Å². The largest absolute Gasteiger partial charge is 0.417 e. The highest BCUT2D eigenvalue weighted by Gasteiger charge is 2.54. The molecule has 1 rings (SSSR count). The van der Waals surface area contributed by atoms with E-state index in [9.17, 15) is 18.3 Å². The highest BCUT2D eigenvalue weighted by atomic mass is 19.4. The molecular formula is C9H18F3NO. The Labute approximate surface area is 82.7 Å². The molecule has 1 saturated heterocycles. The van der Waals surface area contributed by atoms with Crippen molar-refractivity contribution in [3.8, 4) is 0 Å². The monoisotopic (exact) mass is 213 g/mol. The highest BCUT2D eigenvalue weighted by Crippen LogP contribution is 2.37. The summed E-state index contributed by atoms with van der Waals surface area (Å²) in [6.07, 6.45) is -4.91. The number of likely N-dealkylation sites (tertiary alicyclic amines) is 1. The minimum atomic E-state index is -4.48. The molecule has 0 saturated carbocycles. The molecule has 0 aromatic carbocycles. The van der Waals surface area contributed by atoms with Gasteiger partial charge in [0, 0.05) is 13.1 Å². The Hall–Kier alpha value is -0.290. The van der Waals surface area contributed by atoms with Crippen molar-refractivity contribution in [3.63, 3.8) is 0 Å². The number of nitrogens with zero attached hydrogens (tertiary/aromatic N) is 1.